The Balaban J connectivity index is 2.03. The van der Waals surface area contributed by atoms with E-state index in [0.29, 0.717) is 0 Å². The Morgan fingerprint density at radius 1 is 1.21 bits per heavy atom. The molecule has 1 amide bonds. The number of nitrogens with zero attached hydrogens (tertiary/aromatic N) is 1. The molecule has 2 rings (SSSR count). The van der Waals surface area contributed by atoms with E-state index in [1.807, 2.05) is 36.4 Å². The average molecular weight is 254 g/mol. The SMILES string of the molecule is N#C/C(=C\c1ccccc1)C(=O)NC1CCCCC1. The van der Waals surface area contributed by atoms with Crippen LogP contribution in [0.5, 0.6) is 0 Å². The van der Waals surface area contributed by atoms with Gasteiger partial charge in [-0.05, 0) is 24.5 Å². The third-order valence-corrected chi connectivity index (χ3v) is 3.42. The second-order valence-corrected chi connectivity index (χ2v) is 4.89. The maximum atomic E-state index is 12.0. The molecule has 1 aliphatic rings. The molecule has 0 saturated heterocycles. The van der Waals surface area contributed by atoms with E-state index >= 15 is 0 Å². The number of hydrogen-bond acceptors (Lipinski definition) is 2. The standard InChI is InChI=1S/C16H18N2O/c17-12-14(11-13-7-3-1-4-8-13)16(19)18-15-9-5-2-6-10-15/h1,3-4,7-8,11,15H,2,5-6,9-10H2,(H,18,19)/b14-11+. The first-order chi connectivity index (χ1) is 9.29. The van der Waals surface area contributed by atoms with Gasteiger partial charge in [0.1, 0.15) is 11.6 Å². The maximum Gasteiger partial charge on any atom is 0.262 e. The van der Waals surface area contributed by atoms with E-state index in [-0.39, 0.29) is 17.5 Å². The molecule has 0 aromatic heterocycles. The topological polar surface area (TPSA) is 52.9 Å². The molecule has 0 aliphatic heterocycles. The number of rotatable bonds is 3. The zero-order chi connectivity index (χ0) is 13.5. The number of nitrogens with one attached hydrogen (secondary N) is 1. The normalized spacial score (nSPS) is 16.7. The first kappa shape index (κ1) is 13.4. The fourth-order valence-corrected chi connectivity index (χ4v) is 2.37. The van der Waals surface area contributed by atoms with Crippen LogP contribution in [0.4, 0.5) is 0 Å². The molecule has 1 aromatic rings. The summed E-state index contributed by atoms with van der Waals surface area (Å²) in [4.78, 5) is 12.0. The van der Waals surface area contributed by atoms with Crippen molar-refractivity contribution < 1.29 is 4.79 Å². The summed E-state index contributed by atoms with van der Waals surface area (Å²) in [6.07, 6.45) is 7.26. The average Bonchev–Trinajstić information content (AvgIpc) is 2.47. The zero-order valence-corrected chi connectivity index (χ0v) is 10.9. The van der Waals surface area contributed by atoms with Crippen molar-refractivity contribution in [3.63, 3.8) is 0 Å². The number of hydrogen-bond donors (Lipinski definition) is 1. The highest BCUT2D eigenvalue weighted by Crippen LogP contribution is 2.18. The van der Waals surface area contributed by atoms with Crippen LogP contribution in [-0.2, 0) is 4.79 Å². The van der Waals surface area contributed by atoms with Gasteiger partial charge < -0.3 is 5.32 Å². The smallest absolute Gasteiger partial charge is 0.262 e. The third kappa shape index (κ3) is 3.96. The van der Waals surface area contributed by atoms with Crippen molar-refractivity contribution >= 4 is 12.0 Å². The number of amides is 1. The lowest BCUT2D eigenvalue weighted by Crippen LogP contribution is -2.36. The highest BCUT2D eigenvalue weighted by atomic mass is 16.1. The van der Waals surface area contributed by atoms with Crippen LogP contribution in [0.3, 0.4) is 0 Å². The highest BCUT2D eigenvalue weighted by molar-refractivity contribution is 6.01. The van der Waals surface area contributed by atoms with Crippen molar-refractivity contribution in [3.05, 3.63) is 41.5 Å². The molecule has 1 saturated carbocycles. The third-order valence-electron chi connectivity index (χ3n) is 3.42. The van der Waals surface area contributed by atoms with Gasteiger partial charge in [0.15, 0.2) is 0 Å². The number of carbonyl (C=O) groups is 1. The van der Waals surface area contributed by atoms with E-state index in [9.17, 15) is 4.79 Å². The Morgan fingerprint density at radius 3 is 2.53 bits per heavy atom. The lowest BCUT2D eigenvalue weighted by atomic mass is 9.95. The molecule has 0 atom stereocenters. The molecule has 0 heterocycles. The Hall–Kier alpha value is -2.08. The molecule has 0 radical (unpaired) electrons. The lowest BCUT2D eigenvalue weighted by Gasteiger charge is -2.22. The summed E-state index contributed by atoms with van der Waals surface area (Å²) in [5.74, 6) is -0.252. The summed E-state index contributed by atoms with van der Waals surface area (Å²) < 4.78 is 0. The van der Waals surface area contributed by atoms with E-state index in [0.717, 1.165) is 31.2 Å². The number of carbonyl (C=O) groups excluding carboxylic acids is 1. The largest absolute Gasteiger partial charge is 0.349 e. The maximum absolute atomic E-state index is 12.0. The molecule has 0 unspecified atom stereocenters. The Kier molecular flexibility index (Phi) is 4.74. The molecule has 3 heteroatoms. The van der Waals surface area contributed by atoms with Gasteiger partial charge in [-0.15, -0.1) is 0 Å². The van der Waals surface area contributed by atoms with Gasteiger partial charge >= 0.3 is 0 Å². The predicted octanol–water partition coefficient (Wildman–Crippen LogP) is 3.04. The lowest BCUT2D eigenvalue weighted by molar-refractivity contribution is -0.117. The van der Waals surface area contributed by atoms with Gasteiger partial charge in [0.05, 0.1) is 0 Å². The fraction of sp³-hybridized carbons (Fsp3) is 0.375. The first-order valence-electron chi connectivity index (χ1n) is 6.77. The molecule has 1 N–H and O–H groups in total. The molecule has 1 fully saturated rings. The number of benzene rings is 1. The van der Waals surface area contributed by atoms with Crippen molar-refractivity contribution in [2.24, 2.45) is 0 Å². The minimum atomic E-state index is -0.252. The van der Waals surface area contributed by atoms with Crippen LogP contribution in [0, 0.1) is 11.3 Å². The predicted molar refractivity (Wildman–Crippen MR) is 75.0 cm³/mol. The second-order valence-electron chi connectivity index (χ2n) is 4.89. The van der Waals surface area contributed by atoms with E-state index in [1.165, 1.54) is 6.42 Å². The van der Waals surface area contributed by atoms with Gasteiger partial charge in [-0.25, -0.2) is 0 Å². The Bertz CT molecular complexity index is 493. The van der Waals surface area contributed by atoms with Gasteiger partial charge in [-0.1, -0.05) is 49.6 Å². The van der Waals surface area contributed by atoms with Crippen molar-refractivity contribution in [2.75, 3.05) is 0 Å². The van der Waals surface area contributed by atoms with Gasteiger partial charge in [-0.3, -0.25) is 4.79 Å². The Labute approximate surface area is 113 Å². The van der Waals surface area contributed by atoms with Crippen molar-refractivity contribution in [3.8, 4) is 6.07 Å². The number of nitriles is 1. The van der Waals surface area contributed by atoms with Crippen LogP contribution in [0.2, 0.25) is 0 Å². The molecule has 1 aliphatic carbocycles. The van der Waals surface area contributed by atoms with Crippen LogP contribution >= 0.6 is 0 Å². The Morgan fingerprint density at radius 2 is 1.89 bits per heavy atom. The molecule has 0 bridgehead atoms. The van der Waals surface area contributed by atoms with E-state index in [2.05, 4.69) is 5.32 Å². The quantitative estimate of drug-likeness (QED) is 0.665. The summed E-state index contributed by atoms with van der Waals surface area (Å²) in [5, 5.41) is 12.1. The molecule has 3 nitrogen and oxygen atoms in total. The minimum absolute atomic E-state index is 0.178. The van der Waals surface area contributed by atoms with E-state index < -0.39 is 0 Å². The van der Waals surface area contributed by atoms with Gasteiger partial charge in [-0.2, -0.15) is 5.26 Å². The highest BCUT2D eigenvalue weighted by Gasteiger charge is 2.17. The van der Waals surface area contributed by atoms with E-state index in [1.54, 1.807) is 6.08 Å². The van der Waals surface area contributed by atoms with Crippen LogP contribution < -0.4 is 5.32 Å². The van der Waals surface area contributed by atoms with Crippen molar-refractivity contribution in [2.45, 2.75) is 38.1 Å². The molecule has 98 valence electrons. The molecular formula is C16H18N2O. The summed E-state index contributed by atoms with van der Waals surface area (Å²) in [6, 6.07) is 11.7. The van der Waals surface area contributed by atoms with Crippen molar-refractivity contribution in [1.29, 1.82) is 5.26 Å². The molecule has 0 spiro atoms. The van der Waals surface area contributed by atoms with Gasteiger partial charge in [0.25, 0.3) is 5.91 Å². The summed E-state index contributed by atoms with van der Waals surface area (Å²) >= 11 is 0. The van der Waals surface area contributed by atoms with Crippen LogP contribution in [-0.4, -0.2) is 11.9 Å². The summed E-state index contributed by atoms with van der Waals surface area (Å²) in [6.45, 7) is 0. The molecule has 19 heavy (non-hydrogen) atoms. The minimum Gasteiger partial charge on any atom is -0.349 e. The van der Waals surface area contributed by atoms with Gasteiger partial charge in [0.2, 0.25) is 0 Å². The zero-order valence-electron chi connectivity index (χ0n) is 10.9. The molecular weight excluding hydrogens is 236 g/mol. The van der Waals surface area contributed by atoms with Gasteiger partial charge in [0, 0.05) is 6.04 Å². The van der Waals surface area contributed by atoms with E-state index in [4.69, 9.17) is 5.26 Å². The van der Waals surface area contributed by atoms with Crippen LogP contribution in [0.1, 0.15) is 37.7 Å². The first-order valence-corrected chi connectivity index (χ1v) is 6.77. The van der Waals surface area contributed by atoms with Crippen LogP contribution in [0.25, 0.3) is 6.08 Å². The van der Waals surface area contributed by atoms with Crippen molar-refractivity contribution in [1.82, 2.24) is 5.32 Å². The summed E-state index contributed by atoms with van der Waals surface area (Å²) in [5.41, 5.74) is 1.05. The van der Waals surface area contributed by atoms with Crippen LogP contribution in [0.15, 0.2) is 35.9 Å². The monoisotopic (exact) mass is 254 g/mol. The molecule has 1 aromatic carbocycles. The fourth-order valence-electron chi connectivity index (χ4n) is 2.37. The second kappa shape index (κ2) is 6.75. The summed E-state index contributed by atoms with van der Waals surface area (Å²) in [7, 11) is 0.